The summed E-state index contributed by atoms with van der Waals surface area (Å²) in [5, 5.41) is 0. The summed E-state index contributed by atoms with van der Waals surface area (Å²) in [5.41, 5.74) is 0. The maximum atomic E-state index is 12.9. The Morgan fingerprint density at radius 1 is 0.208 bits per heavy atom. The molecule has 0 saturated carbocycles. The predicted octanol–water partition coefficient (Wildman–Crippen LogP) is 24.2. The van der Waals surface area contributed by atoms with Gasteiger partial charge < -0.3 is 14.2 Å². The van der Waals surface area contributed by atoms with Gasteiger partial charge in [-0.15, -0.1) is 0 Å². The van der Waals surface area contributed by atoms with E-state index in [0.717, 1.165) is 57.8 Å². The standard InChI is InChI=1S/C71H138O6/c1-4-7-10-13-16-19-22-25-28-30-31-32-33-34-35-36-37-38-39-40-42-43-46-49-52-55-58-61-64-70(73)76-67-68(66-75-69(72)63-60-57-54-51-48-45-27-24-21-18-15-12-9-6-3)77-71(74)65-62-59-56-53-50-47-44-41-29-26-23-20-17-14-11-8-5-2/h68H,4-67H2,1-3H3. The van der Waals surface area contributed by atoms with Crippen LogP contribution in [0.4, 0.5) is 0 Å². The van der Waals surface area contributed by atoms with E-state index in [2.05, 4.69) is 20.8 Å². The van der Waals surface area contributed by atoms with Crippen LogP contribution in [0.25, 0.3) is 0 Å². The third-order valence-corrected chi connectivity index (χ3v) is 16.6. The van der Waals surface area contributed by atoms with Gasteiger partial charge in [-0.3, -0.25) is 14.4 Å². The van der Waals surface area contributed by atoms with Crippen LogP contribution in [0.2, 0.25) is 0 Å². The summed E-state index contributed by atoms with van der Waals surface area (Å²) in [6.45, 7) is 6.74. The average molecular weight is 1090 g/mol. The first kappa shape index (κ1) is 75.4. The zero-order chi connectivity index (χ0) is 55.7. The van der Waals surface area contributed by atoms with Crippen LogP contribution < -0.4 is 0 Å². The topological polar surface area (TPSA) is 78.9 Å². The molecule has 0 saturated heterocycles. The lowest BCUT2D eigenvalue weighted by Gasteiger charge is -2.18. The molecule has 0 spiro atoms. The number of esters is 3. The van der Waals surface area contributed by atoms with Gasteiger partial charge in [-0.25, -0.2) is 0 Å². The third-order valence-electron chi connectivity index (χ3n) is 16.6. The highest BCUT2D eigenvalue weighted by Gasteiger charge is 2.19. The average Bonchev–Trinajstić information content (AvgIpc) is 3.43. The van der Waals surface area contributed by atoms with Gasteiger partial charge in [0.15, 0.2) is 6.10 Å². The molecule has 0 aromatic heterocycles. The van der Waals surface area contributed by atoms with Crippen molar-refractivity contribution in [1.82, 2.24) is 0 Å². The molecule has 6 heteroatoms. The van der Waals surface area contributed by atoms with E-state index in [0.29, 0.717) is 19.3 Å². The molecule has 0 radical (unpaired) electrons. The fraction of sp³-hybridized carbons (Fsp3) is 0.958. The number of carbonyl (C=O) groups is 3. The van der Waals surface area contributed by atoms with Gasteiger partial charge in [0.2, 0.25) is 0 Å². The van der Waals surface area contributed by atoms with Gasteiger partial charge >= 0.3 is 17.9 Å². The van der Waals surface area contributed by atoms with Crippen molar-refractivity contribution >= 4 is 17.9 Å². The van der Waals surface area contributed by atoms with Gasteiger partial charge in [-0.05, 0) is 19.3 Å². The summed E-state index contributed by atoms with van der Waals surface area (Å²) in [6, 6.07) is 0. The highest BCUT2D eigenvalue weighted by molar-refractivity contribution is 5.71. The van der Waals surface area contributed by atoms with E-state index >= 15 is 0 Å². The van der Waals surface area contributed by atoms with Crippen LogP contribution in [0, 0.1) is 0 Å². The molecule has 0 aliphatic carbocycles. The Morgan fingerprint density at radius 3 is 0.519 bits per heavy atom. The van der Waals surface area contributed by atoms with Crippen LogP contribution in [0.3, 0.4) is 0 Å². The Hall–Kier alpha value is -1.59. The number of unbranched alkanes of at least 4 members (excludes halogenated alkanes) is 56. The maximum absolute atomic E-state index is 12.9. The molecule has 77 heavy (non-hydrogen) atoms. The van der Waals surface area contributed by atoms with Crippen LogP contribution >= 0.6 is 0 Å². The van der Waals surface area contributed by atoms with Crippen molar-refractivity contribution in [3.63, 3.8) is 0 Å². The molecular weight excluding hydrogens is 949 g/mol. The van der Waals surface area contributed by atoms with E-state index in [4.69, 9.17) is 14.2 Å². The Labute approximate surface area is 482 Å². The second-order valence-corrected chi connectivity index (χ2v) is 24.5. The molecule has 0 aliphatic heterocycles. The quantitative estimate of drug-likeness (QED) is 0.0343. The van der Waals surface area contributed by atoms with Crippen LogP contribution in [-0.2, 0) is 28.6 Å². The molecular formula is C71H138O6. The first-order valence-electron chi connectivity index (χ1n) is 35.5. The van der Waals surface area contributed by atoms with Crippen LogP contribution in [0.5, 0.6) is 0 Å². The molecule has 0 N–H and O–H groups in total. The molecule has 0 bridgehead atoms. The van der Waals surface area contributed by atoms with Crippen molar-refractivity contribution in [2.45, 2.75) is 425 Å². The van der Waals surface area contributed by atoms with Gasteiger partial charge in [-0.2, -0.15) is 0 Å². The molecule has 0 amide bonds. The molecule has 1 unspecified atom stereocenters. The van der Waals surface area contributed by atoms with Crippen molar-refractivity contribution in [1.29, 1.82) is 0 Å². The summed E-state index contributed by atoms with van der Waals surface area (Å²) in [5.74, 6) is -0.820. The minimum Gasteiger partial charge on any atom is -0.462 e. The largest absolute Gasteiger partial charge is 0.462 e. The fourth-order valence-electron chi connectivity index (χ4n) is 11.3. The highest BCUT2D eigenvalue weighted by atomic mass is 16.6. The second kappa shape index (κ2) is 66.9. The van der Waals surface area contributed by atoms with E-state index in [1.807, 2.05) is 0 Å². The second-order valence-electron chi connectivity index (χ2n) is 24.5. The summed E-state index contributed by atoms with van der Waals surface area (Å²) < 4.78 is 17.0. The van der Waals surface area contributed by atoms with Gasteiger partial charge in [0.25, 0.3) is 0 Å². The van der Waals surface area contributed by atoms with Crippen LogP contribution in [-0.4, -0.2) is 37.2 Å². The molecule has 0 aliphatic rings. The van der Waals surface area contributed by atoms with Crippen molar-refractivity contribution in [3.8, 4) is 0 Å². The van der Waals surface area contributed by atoms with Crippen LogP contribution in [0.15, 0.2) is 0 Å². The summed E-state index contributed by atoms with van der Waals surface area (Å²) in [7, 11) is 0. The molecule has 0 aromatic carbocycles. The summed E-state index contributed by atoms with van der Waals surface area (Å²) in [4.78, 5) is 38.4. The van der Waals surface area contributed by atoms with Crippen molar-refractivity contribution in [3.05, 3.63) is 0 Å². The van der Waals surface area contributed by atoms with Crippen molar-refractivity contribution in [2.75, 3.05) is 13.2 Å². The number of rotatable bonds is 67. The lowest BCUT2D eigenvalue weighted by atomic mass is 10.0. The highest BCUT2D eigenvalue weighted by Crippen LogP contribution is 2.19. The van der Waals surface area contributed by atoms with Gasteiger partial charge in [0.05, 0.1) is 0 Å². The van der Waals surface area contributed by atoms with Crippen molar-refractivity contribution in [2.24, 2.45) is 0 Å². The number of hydrogen-bond acceptors (Lipinski definition) is 6. The van der Waals surface area contributed by atoms with Crippen molar-refractivity contribution < 1.29 is 28.6 Å². The molecule has 6 nitrogen and oxygen atoms in total. The third kappa shape index (κ3) is 65.1. The Bertz CT molecular complexity index is 1160. The normalized spacial score (nSPS) is 11.9. The fourth-order valence-corrected chi connectivity index (χ4v) is 11.3. The lowest BCUT2D eigenvalue weighted by molar-refractivity contribution is -0.167. The van der Waals surface area contributed by atoms with E-state index in [1.165, 1.54) is 321 Å². The zero-order valence-electron chi connectivity index (χ0n) is 52.8. The van der Waals surface area contributed by atoms with E-state index in [-0.39, 0.29) is 31.1 Å². The van der Waals surface area contributed by atoms with E-state index in [1.54, 1.807) is 0 Å². The molecule has 0 aromatic rings. The molecule has 1 atom stereocenters. The molecule has 0 heterocycles. The predicted molar refractivity (Wildman–Crippen MR) is 335 cm³/mol. The van der Waals surface area contributed by atoms with E-state index in [9.17, 15) is 14.4 Å². The first-order chi connectivity index (χ1) is 38.0. The Morgan fingerprint density at radius 2 is 0.351 bits per heavy atom. The molecule has 458 valence electrons. The van der Waals surface area contributed by atoms with Gasteiger partial charge in [-0.1, -0.05) is 380 Å². The first-order valence-corrected chi connectivity index (χ1v) is 35.5. The van der Waals surface area contributed by atoms with Crippen LogP contribution in [0.1, 0.15) is 419 Å². The zero-order valence-corrected chi connectivity index (χ0v) is 52.8. The van der Waals surface area contributed by atoms with E-state index < -0.39 is 6.10 Å². The lowest BCUT2D eigenvalue weighted by Crippen LogP contribution is -2.30. The minimum atomic E-state index is -0.763. The molecule has 0 fully saturated rings. The molecule has 0 rings (SSSR count). The Kier molecular flexibility index (Phi) is 65.5. The van der Waals surface area contributed by atoms with Gasteiger partial charge in [0, 0.05) is 19.3 Å². The SMILES string of the molecule is CCCCCCCCCCCCCCCCCCCCCCCCCCCCCCC(=O)OCC(COC(=O)CCCCCCCCCCCCCCCC)OC(=O)CCCCCCCCCCCCCCCCCCC. The summed E-state index contributed by atoms with van der Waals surface area (Å²) >= 11 is 0. The minimum absolute atomic E-state index is 0.0602. The summed E-state index contributed by atoms with van der Waals surface area (Å²) in [6.07, 6.45) is 78.5. The number of ether oxygens (including phenoxy) is 3. The van der Waals surface area contributed by atoms with Gasteiger partial charge in [0.1, 0.15) is 13.2 Å². The number of carbonyl (C=O) groups excluding carboxylic acids is 3. The monoisotopic (exact) mass is 1090 g/mol. The smallest absolute Gasteiger partial charge is 0.306 e. The maximum Gasteiger partial charge on any atom is 0.306 e. The number of hydrogen-bond donors (Lipinski definition) is 0. The Balaban J connectivity index is 4.15.